The molecule has 0 aliphatic rings. The molecule has 0 fully saturated rings. The van der Waals surface area contributed by atoms with Gasteiger partial charge in [-0.15, -0.1) is 0 Å². The van der Waals surface area contributed by atoms with Crippen molar-refractivity contribution in [2.75, 3.05) is 5.32 Å². The highest BCUT2D eigenvalue weighted by Gasteiger charge is 2.08. The molecule has 21 heavy (non-hydrogen) atoms. The summed E-state index contributed by atoms with van der Waals surface area (Å²) < 4.78 is 0.755. The molecular formula is C14H10BrN5O. The van der Waals surface area contributed by atoms with Crippen molar-refractivity contribution < 1.29 is 4.79 Å². The number of aromatic nitrogens is 4. The lowest BCUT2D eigenvalue weighted by Crippen LogP contribution is -2.12. The molecule has 6 nitrogen and oxygen atoms in total. The average molecular weight is 344 g/mol. The minimum Gasteiger partial charge on any atom is -0.322 e. The Morgan fingerprint density at radius 2 is 2.14 bits per heavy atom. The molecule has 0 bridgehead atoms. The maximum atomic E-state index is 12.2. The van der Waals surface area contributed by atoms with Crippen LogP contribution in [0.5, 0.6) is 0 Å². The fraction of sp³-hybridized carbons (Fsp3) is 0. The van der Waals surface area contributed by atoms with Crippen molar-refractivity contribution in [1.82, 2.24) is 20.2 Å². The third kappa shape index (κ3) is 3.14. The number of nitrogens with zero attached hydrogens (tertiary/aromatic N) is 3. The second kappa shape index (κ2) is 5.84. The summed E-state index contributed by atoms with van der Waals surface area (Å²) in [5.74, 6) is 0.425. The van der Waals surface area contributed by atoms with E-state index in [9.17, 15) is 4.79 Å². The Morgan fingerprint density at radius 3 is 2.90 bits per heavy atom. The highest BCUT2D eigenvalue weighted by molar-refractivity contribution is 9.10. The van der Waals surface area contributed by atoms with E-state index in [0.29, 0.717) is 17.1 Å². The number of hydrogen-bond donors (Lipinski definition) is 2. The van der Waals surface area contributed by atoms with Gasteiger partial charge in [0, 0.05) is 28.1 Å². The Labute approximate surface area is 128 Å². The monoisotopic (exact) mass is 343 g/mol. The SMILES string of the molecule is O=C(Nc1cccc(-c2ncn[nH]2)c1)c1cncc(Br)c1. The number of carbonyl (C=O) groups excluding carboxylic acids is 1. The van der Waals surface area contributed by atoms with E-state index in [-0.39, 0.29) is 5.91 Å². The van der Waals surface area contributed by atoms with Crippen molar-refractivity contribution in [3.63, 3.8) is 0 Å². The number of H-pyrrole nitrogens is 1. The van der Waals surface area contributed by atoms with Gasteiger partial charge in [0.1, 0.15) is 6.33 Å². The predicted octanol–water partition coefficient (Wildman–Crippen LogP) is 2.88. The molecule has 0 spiro atoms. The Morgan fingerprint density at radius 1 is 1.24 bits per heavy atom. The quantitative estimate of drug-likeness (QED) is 0.765. The standard InChI is InChI=1S/C14H10BrN5O/c15-11-4-10(6-16-7-11)14(21)19-12-3-1-2-9(5-12)13-17-8-18-20-13/h1-8H,(H,19,21)(H,17,18,20). The summed E-state index contributed by atoms with van der Waals surface area (Å²) in [5.41, 5.74) is 2.00. The van der Waals surface area contributed by atoms with Crippen molar-refractivity contribution in [2.45, 2.75) is 0 Å². The van der Waals surface area contributed by atoms with Crippen LogP contribution in [0, 0.1) is 0 Å². The van der Waals surface area contributed by atoms with Gasteiger partial charge < -0.3 is 5.32 Å². The maximum Gasteiger partial charge on any atom is 0.257 e. The fourth-order valence-corrected chi connectivity index (χ4v) is 2.19. The van der Waals surface area contributed by atoms with Gasteiger partial charge >= 0.3 is 0 Å². The van der Waals surface area contributed by atoms with E-state index in [1.54, 1.807) is 12.3 Å². The molecule has 1 aromatic carbocycles. The molecule has 0 saturated carbocycles. The van der Waals surface area contributed by atoms with Crippen molar-refractivity contribution >= 4 is 27.5 Å². The van der Waals surface area contributed by atoms with Crippen molar-refractivity contribution in [3.8, 4) is 11.4 Å². The van der Waals surface area contributed by atoms with Gasteiger partial charge in [0.15, 0.2) is 5.82 Å². The van der Waals surface area contributed by atoms with Crippen LogP contribution >= 0.6 is 15.9 Å². The van der Waals surface area contributed by atoms with Gasteiger partial charge in [-0.1, -0.05) is 12.1 Å². The van der Waals surface area contributed by atoms with E-state index < -0.39 is 0 Å². The van der Waals surface area contributed by atoms with E-state index >= 15 is 0 Å². The lowest BCUT2D eigenvalue weighted by Gasteiger charge is -2.06. The number of anilines is 1. The van der Waals surface area contributed by atoms with Crippen LogP contribution in [0.15, 0.2) is 53.5 Å². The second-order valence-corrected chi connectivity index (χ2v) is 5.18. The summed E-state index contributed by atoms with van der Waals surface area (Å²) >= 11 is 3.29. The van der Waals surface area contributed by atoms with E-state index in [4.69, 9.17) is 0 Å². The van der Waals surface area contributed by atoms with Crippen LogP contribution in [0.25, 0.3) is 11.4 Å². The third-order valence-corrected chi connectivity index (χ3v) is 3.21. The second-order valence-electron chi connectivity index (χ2n) is 4.26. The molecule has 2 N–H and O–H groups in total. The van der Waals surface area contributed by atoms with Gasteiger partial charge in [-0.25, -0.2) is 4.98 Å². The Hall–Kier alpha value is -2.54. The Balaban J connectivity index is 1.82. The smallest absolute Gasteiger partial charge is 0.257 e. The first-order valence-corrected chi connectivity index (χ1v) is 6.89. The number of carbonyl (C=O) groups is 1. The predicted molar refractivity (Wildman–Crippen MR) is 81.7 cm³/mol. The minimum atomic E-state index is -0.224. The van der Waals surface area contributed by atoms with Crippen LogP contribution in [0.4, 0.5) is 5.69 Å². The lowest BCUT2D eigenvalue weighted by atomic mass is 10.2. The summed E-state index contributed by atoms with van der Waals surface area (Å²) in [6.07, 6.45) is 4.58. The third-order valence-electron chi connectivity index (χ3n) is 2.78. The molecule has 7 heteroatoms. The zero-order valence-electron chi connectivity index (χ0n) is 10.7. The maximum absolute atomic E-state index is 12.2. The average Bonchev–Trinajstić information content (AvgIpc) is 3.02. The van der Waals surface area contributed by atoms with E-state index in [2.05, 4.69) is 41.4 Å². The van der Waals surface area contributed by atoms with E-state index in [1.165, 1.54) is 12.5 Å². The van der Waals surface area contributed by atoms with Gasteiger partial charge in [0.2, 0.25) is 0 Å². The van der Waals surface area contributed by atoms with Crippen molar-refractivity contribution in [1.29, 1.82) is 0 Å². The van der Waals surface area contributed by atoms with Crippen LogP contribution in [0.1, 0.15) is 10.4 Å². The van der Waals surface area contributed by atoms with Gasteiger partial charge in [-0.2, -0.15) is 5.10 Å². The number of benzene rings is 1. The summed E-state index contributed by atoms with van der Waals surface area (Å²) in [6.45, 7) is 0. The van der Waals surface area contributed by atoms with Crippen LogP contribution in [-0.4, -0.2) is 26.1 Å². The molecule has 1 amide bonds. The number of nitrogens with one attached hydrogen (secondary N) is 2. The highest BCUT2D eigenvalue weighted by Crippen LogP contribution is 2.19. The zero-order valence-corrected chi connectivity index (χ0v) is 12.3. The molecule has 0 atom stereocenters. The van der Waals surface area contributed by atoms with Crippen LogP contribution in [0.3, 0.4) is 0 Å². The molecule has 0 aliphatic heterocycles. The summed E-state index contributed by atoms with van der Waals surface area (Å²) in [5, 5.41) is 9.42. The number of amides is 1. The number of rotatable bonds is 3. The lowest BCUT2D eigenvalue weighted by molar-refractivity contribution is 0.102. The van der Waals surface area contributed by atoms with E-state index in [1.807, 2.05) is 24.3 Å². The summed E-state index contributed by atoms with van der Waals surface area (Å²) in [7, 11) is 0. The molecule has 3 rings (SSSR count). The molecule has 3 aromatic rings. The summed E-state index contributed by atoms with van der Waals surface area (Å²) in [4.78, 5) is 20.2. The van der Waals surface area contributed by atoms with Gasteiger partial charge in [0.05, 0.1) is 5.56 Å². The molecule has 0 radical (unpaired) electrons. The highest BCUT2D eigenvalue weighted by atomic mass is 79.9. The van der Waals surface area contributed by atoms with Crippen LogP contribution in [-0.2, 0) is 0 Å². The molecule has 0 saturated heterocycles. The molecule has 2 heterocycles. The van der Waals surface area contributed by atoms with Crippen LogP contribution < -0.4 is 5.32 Å². The number of pyridine rings is 1. The summed E-state index contributed by atoms with van der Waals surface area (Å²) in [6, 6.07) is 9.07. The number of aromatic amines is 1. The van der Waals surface area contributed by atoms with Gasteiger partial charge in [0.25, 0.3) is 5.91 Å². The first-order valence-electron chi connectivity index (χ1n) is 6.10. The molecule has 0 aliphatic carbocycles. The van der Waals surface area contributed by atoms with Crippen LogP contribution in [0.2, 0.25) is 0 Å². The van der Waals surface area contributed by atoms with Crippen molar-refractivity contribution in [2.24, 2.45) is 0 Å². The number of hydrogen-bond acceptors (Lipinski definition) is 4. The minimum absolute atomic E-state index is 0.224. The van der Waals surface area contributed by atoms with Crippen molar-refractivity contribution in [3.05, 3.63) is 59.1 Å². The molecule has 2 aromatic heterocycles. The topological polar surface area (TPSA) is 83.6 Å². The number of halogens is 1. The zero-order chi connectivity index (χ0) is 14.7. The fourth-order valence-electron chi connectivity index (χ4n) is 1.83. The Kier molecular flexibility index (Phi) is 3.74. The first kappa shape index (κ1) is 13.4. The molecule has 104 valence electrons. The van der Waals surface area contributed by atoms with E-state index in [0.717, 1.165) is 10.0 Å². The largest absolute Gasteiger partial charge is 0.322 e. The molecule has 0 unspecified atom stereocenters. The van der Waals surface area contributed by atoms with Gasteiger partial charge in [-0.3, -0.25) is 14.9 Å². The normalized spacial score (nSPS) is 10.3. The van der Waals surface area contributed by atoms with Gasteiger partial charge in [-0.05, 0) is 34.1 Å². The first-order chi connectivity index (χ1) is 10.2. The Bertz CT molecular complexity index is 773. The molecular weight excluding hydrogens is 334 g/mol.